The lowest BCUT2D eigenvalue weighted by Crippen LogP contribution is -2.44. The smallest absolute Gasteiger partial charge is 0.155 e. The number of allylic oxidation sites excluding steroid dienone is 4. The number of rotatable bonds is 2. The fourth-order valence-electron chi connectivity index (χ4n) is 6.67. The Hall–Kier alpha value is -0.490. The van der Waals surface area contributed by atoms with Gasteiger partial charge < -0.3 is 0 Å². The largest absolute Gasteiger partial charge is 0.295 e. The maximum atomic E-state index is 11.9. The number of hydrogen-bond acceptors (Lipinski definition) is 2. The maximum Gasteiger partial charge on any atom is 0.155 e. The number of ketones is 1. The lowest BCUT2D eigenvalue weighted by molar-refractivity contribution is -0.115. The van der Waals surface area contributed by atoms with Crippen LogP contribution in [0.1, 0.15) is 71.6 Å². The van der Waals surface area contributed by atoms with Crippen molar-refractivity contribution in [3.8, 4) is 6.07 Å². The maximum absolute atomic E-state index is 11.9. The van der Waals surface area contributed by atoms with Gasteiger partial charge in [0.05, 0.1) is 6.07 Å². The Balaban J connectivity index is 0.00000121. The third kappa shape index (κ3) is 3.73. The van der Waals surface area contributed by atoms with Crippen molar-refractivity contribution in [2.75, 3.05) is 0 Å². The van der Waals surface area contributed by atoms with Gasteiger partial charge in [0.2, 0.25) is 0 Å². The van der Waals surface area contributed by atoms with E-state index in [4.69, 9.17) is 5.26 Å². The summed E-state index contributed by atoms with van der Waals surface area (Å²) in [5.74, 6) is 2.56. The molecule has 4 aliphatic carbocycles. The van der Waals surface area contributed by atoms with E-state index in [-0.39, 0.29) is 42.6 Å². The van der Waals surface area contributed by atoms with Gasteiger partial charge in [-0.25, -0.2) is 0 Å². The third-order valence-electron chi connectivity index (χ3n) is 8.13. The van der Waals surface area contributed by atoms with Gasteiger partial charge in [0.15, 0.2) is 5.78 Å². The van der Waals surface area contributed by atoms with Crippen molar-refractivity contribution in [3.05, 3.63) is 23.3 Å². The standard InChI is InChI=1S/C22H29NO.3ClH/c1-21-12-10-20-18(19(21)8-6-15(21)4-3-13-23)7-5-16-14-17(24)9-11-22(16,20)2;;;/h10,14-15,18-19H,3-9,11-12H2,1-2H3;3*1H/t15-,18-,19-,21+,22-;;;/m0.../s1. The van der Waals surface area contributed by atoms with E-state index in [1.165, 1.54) is 31.3 Å². The Labute approximate surface area is 182 Å². The quantitative estimate of drug-likeness (QED) is 0.460. The normalized spacial score (nSPS) is 39.0. The minimum Gasteiger partial charge on any atom is -0.295 e. The monoisotopic (exact) mass is 431 g/mol. The van der Waals surface area contributed by atoms with Crippen LogP contribution in [0.5, 0.6) is 0 Å². The van der Waals surface area contributed by atoms with Crippen LogP contribution in [0.15, 0.2) is 23.3 Å². The molecule has 0 radical (unpaired) electrons. The molecule has 5 atom stereocenters. The van der Waals surface area contributed by atoms with Gasteiger partial charge in [0, 0.05) is 18.3 Å². The summed E-state index contributed by atoms with van der Waals surface area (Å²) >= 11 is 0. The number of carbonyl (C=O) groups excluding carboxylic acids is 1. The van der Waals surface area contributed by atoms with E-state index in [2.05, 4.69) is 26.0 Å². The van der Waals surface area contributed by atoms with Crippen molar-refractivity contribution in [2.45, 2.75) is 71.6 Å². The Morgan fingerprint density at radius 1 is 1.15 bits per heavy atom. The summed E-state index contributed by atoms with van der Waals surface area (Å²) in [6.45, 7) is 4.89. The van der Waals surface area contributed by atoms with Gasteiger partial charge in [-0.1, -0.05) is 31.1 Å². The average molecular weight is 433 g/mol. The number of nitriles is 1. The first-order chi connectivity index (χ1) is 11.5. The van der Waals surface area contributed by atoms with Crippen LogP contribution in [0.25, 0.3) is 0 Å². The fraction of sp³-hybridized carbons (Fsp3) is 0.727. The number of nitrogens with zero attached hydrogens (tertiary/aromatic N) is 1. The van der Waals surface area contributed by atoms with Gasteiger partial charge in [0.25, 0.3) is 0 Å². The molecule has 4 aliphatic rings. The first kappa shape index (κ1) is 24.5. The van der Waals surface area contributed by atoms with Crippen molar-refractivity contribution >= 4 is 43.0 Å². The zero-order valence-electron chi connectivity index (χ0n) is 16.3. The molecule has 0 unspecified atom stereocenters. The van der Waals surface area contributed by atoms with Crippen molar-refractivity contribution in [3.63, 3.8) is 0 Å². The van der Waals surface area contributed by atoms with Crippen LogP contribution in [0, 0.1) is 39.9 Å². The molecule has 5 heteroatoms. The third-order valence-corrected chi connectivity index (χ3v) is 8.13. The van der Waals surface area contributed by atoms with Crippen LogP contribution in [0.3, 0.4) is 0 Å². The Kier molecular flexibility index (Phi) is 8.09. The highest BCUT2D eigenvalue weighted by Gasteiger charge is 2.55. The molecule has 152 valence electrons. The fourth-order valence-corrected chi connectivity index (χ4v) is 6.67. The second-order valence-corrected chi connectivity index (χ2v) is 9.06. The highest BCUT2D eigenvalue weighted by atomic mass is 35.5. The first-order valence-electron chi connectivity index (χ1n) is 9.80. The van der Waals surface area contributed by atoms with Gasteiger partial charge in [-0.3, -0.25) is 4.79 Å². The predicted molar refractivity (Wildman–Crippen MR) is 117 cm³/mol. The molecule has 2 fully saturated rings. The van der Waals surface area contributed by atoms with Gasteiger partial charge in [-0.05, 0) is 74.2 Å². The molecule has 0 amide bonds. The van der Waals surface area contributed by atoms with E-state index >= 15 is 0 Å². The highest BCUT2D eigenvalue weighted by Crippen LogP contribution is 2.65. The van der Waals surface area contributed by atoms with E-state index in [0.717, 1.165) is 37.5 Å². The van der Waals surface area contributed by atoms with E-state index in [1.54, 1.807) is 5.57 Å². The van der Waals surface area contributed by atoms with Gasteiger partial charge in [-0.15, -0.1) is 37.2 Å². The van der Waals surface area contributed by atoms with E-state index in [1.807, 2.05) is 6.08 Å². The molecule has 0 aromatic carbocycles. The van der Waals surface area contributed by atoms with E-state index in [9.17, 15) is 4.79 Å². The number of carbonyl (C=O) groups is 1. The second-order valence-electron chi connectivity index (χ2n) is 9.06. The van der Waals surface area contributed by atoms with Gasteiger partial charge >= 0.3 is 0 Å². The van der Waals surface area contributed by atoms with Crippen molar-refractivity contribution in [1.29, 1.82) is 5.26 Å². The average Bonchev–Trinajstić information content (AvgIpc) is 2.90. The first-order valence-corrected chi connectivity index (χ1v) is 9.80. The molecule has 0 spiro atoms. The van der Waals surface area contributed by atoms with E-state index < -0.39 is 0 Å². The Bertz CT molecular complexity index is 680. The van der Waals surface area contributed by atoms with Crippen molar-refractivity contribution in [1.82, 2.24) is 0 Å². The molecule has 27 heavy (non-hydrogen) atoms. The summed E-state index contributed by atoms with van der Waals surface area (Å²) in [6, 6.07) is 2.36. The minimum atomic E-state index is 0. The molecular formula is C22H32Cl3NO. The molecule has 0 aliphatic heterocycles. The Morgan fingerprint density at radius 3 is 2.59 bits per heavy atom. The number of fused-ring (bicyclic) bond motifs is 5. The van der Waals surface area contributed by atoms with E-state index in [0.29, 0.717) is 23.5 Å². The van der Waals surface area contributed by atoms with Crippen LogP contribution in [0.4, 0.5) is 0 Å². The predicted octanol–water partition coefficient (Wildman–Crippen LogP) is 6.62. The molecule has 0 bridgehead atoms. The Morgan fingerprint density at radius 2 is 1.89 bits per heavy atom. The lowest BCUT2D eigenvalue weighted by Gasteiger charge is -2.53. The topological polar surface area (TPSA) is 40.9 Å². The van der Waals surface area contributed by atoms with Crippen LogP contribution in [0.2, 0.25) is 0 Å². The SMILES string of the molecule is C[C@]12CCC(=O)C=C1CC[C@@H]1C2=CC[C@]2(C)[C@@H](CCC#N)CC[C@@H]12.Cl.Cl.Cl. The van der Waals surface area contributed by atoms with Gasteiger partial charge in [0.1, 0.15) is 0 Å². The van der Waals surface area contributed by atoms with Crippen LogP contribution >= 0.6 is 37.2 Å². The van der Waals surface area contributed by atoms with Gasteiger partial charge in [-0.2, -0.15) is 5.26 Å². The van der Waals surface area contributed by atoms with Crippen LogP contribution < -0.4 is 0 Å². The van der Waals surface area contributed by atoms with Crippen molar-refractivity contribution < 1.29 is 4.79 Å². The molecule has 2 nitrogen and oxygen atoms in total. The molecular weight excluding hydrogens is 401 g/mol. The van der Waals surface area contributed by atoms with Crippen molar-refractivity contribution in [2.24, 2.45) is 28.6 Å². The lowest BCUT2D eigenvalue weighted by atomic mass is 9.51. The van der Waals surface area contributed by atoms with Crippen LogP contribution in [-0.2, 0) is 4.79 Å². The summed E-state index contributed by atoms with van der Waals surface area (Å²) in [5, 5.41) is 8.98. The number of halogens is 3. The summed E-state index contributed by atoms with van der Waals surface area (Å²) in [5.41, 5.74) is 3.62. The second kappa shape index (κ2) is 8.89. The zero-order valence-corrected chi connectivity index (χ0v) is 18.8. The molecule has 0 aromatic heterocycles. The molecule has 0 heterocycles. The highest BCUT2D eigenvalue weighted by molar-refractivity contribution is 5.92. The number of hydrogen-bond donors (Lipinski definition) is 0. The summed E-state index contributed by atoms with van der Waals surface area (Å²) in [7, 11) is 0. The summed E-state index contributed by atoms with van der Waals surface area (Å²) in [4.78, 5) is 11.9. The minimum absolute atomic E-state index is 0. The van der Waals surface area contributed by atoms with Crippen LogP contribution in [-0.4, -0.2) is 5.78 Å². The summed E-state index contributed by atoms with van der Waals surface area (Å²) in [6.07, 6.45) is 14.2. The molecule has 4 rings (SSSR count). The molecule has 0 aromatic rings. The molecule has 2 saturated carbocycles. The molecule has 0 saturated heterocycles. The molecule has 0 N–H and O–H groups in total. The zero-order chi connectivity index (χ0) is 16.9. The summed E-state index contributed by atoms with van der Waals surface area (Å²) < 4.78 is 0.